The van der Waals surface area contributed by atoms with Crippen molar-refractivity contribution in [3.8, 4) is 11.3 Å². The predicted octanol–water partition coefficient (Wildman–Crippen LogP) is 3.37. The van der Waals surface area contributed by atoms with E-state index in [1.165, 1.54) is 17.7 Å². The van der Waals surface area contributed by atoms with Gasteiger partial charge in [0.05, 0.1) is 18.1 Å². The quantitative estimate of drug-likeness (QED) is 0.471. The standard InChI is InChI=1S/C22H21FN6O/c23-19-10-8-17(9-11-19)21-18(14-25-27-21)13-24-22(30)20-15-29(28-26-20)12-4-7-16-5-2-1-3-6-16/h1-3,5-6,8-11,14-15H,4,7,12-13H2,(H,24,30)(H,25,27). The molecule has 8 heteroatoms. The monoisotopic (exact) mass is 404 g/mol. The molecule has 0 atom stereocenters. The molecule has 0 saturated carbocycles. The molecule has 2 heterocycles. The third-order valence-electron chi connectivity index (χ3n) is 4.76. The number of rotatable bonds is 8. The molecule has 7 nitrogen and oxygen atoms in total. The minimum atomic E-state index is -0.310. The summed E-state index contributed by atoms with van der Waals surface area (Å²) in [5.41, 5.74) is 3.86. The maximum absolute atomic E-state index is 13.1. The van der Waals surface area contributed by atoms with Crippen LogP contribution in [0, 0.1) is 5.82 Å². The van der Waals surface area contributed by atoms with Gasteiger partial charge in [0.15, 0.2) is 5.69 Å². The van der Waals surface area contributed by atoms with Crippen LogP contribution < -0.4 is 5.32 Å². The number of aryl methyl sites for hydroxylation is 2. The van der Waals surface area contributed by atoms with Crippen LogP contribution in [0.5, 0.6) is 0 Å². The summed E-state index contributed by atoms with van der Waals surface area (Å²) < 4.78 is 14.8. The van der Waals surface area contributed by atoms with Gasteiger partial charge in [0.1, 0.15) is 5.82 Å². The first-order chi connectivity index (χ1) is 14.7. The molecule has 0 aliphatic rings. The highest BCUT2D eigenvalue weighted by Crippen LogP contribution is 2.21. The molecule has 4 rings (SSSR count). The fraction of sp³-hybridized carbons (Fsp3) is 0.182. The Labute approximate surface area is 172 Å². The van der Waals surface area contributed by atoms with Gasteiger partial charge in [-0.15, -0.1) is 5.10 Å². The third-order valence-corrected chi connectivity index (χ3v) is 4.76. The van der Waals surface area contributed by atoms with E-state index in [1.54, 1.807) is 29.2 Å². The van der Waals surface area contributed by atoms with Crippen LogP contribution in [0.25, 0.3) is 11.3 Å². The molecule has 1 amide bonds. The summed E-state index contributed by atoms with van der Waals surface area (Å²) in [5.74, 6) is -0.615. The van der Waals surface area contributed by atoms with E-state index in [2.05, 4.69) is 38.0 Å². The molecule has 152 valence electrons. The van der Waals surface area contributed by atoms with Crippen LogP contribution in [0.3, 0.4) is 0 Å². The molecule has 0 spiro atoms. The Balaban J connectivity index is 1.31. The van der Waals surface area contributed by atoms with Crippen molar-refractivity contribution in [1.29, 1.82) is 0 Å². The fourth-order valence-electron chi connectivity index (χ4n) is 3.18. The summed E-state index contributed by atoms with van der Waals surface area (Å²) in [6.07, 6.45) is 5.13. The lowest BCUT2D eigenvalue weighted by molar-refractivity contribution is 0.0946. The second-order valence-corrected chi connectivity index (χ2v) is 6.92. The maximum atomic E-state index is 13.1. The summed E-state index contributed by atoms with van der Waals surface area (Å²) in [5, 5.41) is 17.8. The van der Waals surface area contributed by atoms with Gasteiger partial charge in [-0.05, 0) is 42.7 Å². The number of carbonyl (C=O) groups is 1. The first kappa shape index (κ1) is 19.5. The fourth-order valence-corrected chi connectivity index (χ4v) is 3.18. The normalized spacial score (nSPS) is 10.8. The number of nitrogens with one attached hydrogen (secondary N) is 2. The van der Waals surface area contributed by atoms with E-state index in [0.717, 1.165) is 29.7 Å². The Hall–Kier alpha value is -3.81. The summed E-state index contributed by atoms with van der Waals surface area (Å²) in [7, 11) is 0. The second kappa shape index (κ2) is 9.13. The summed E-state index contributed by atoms with van der Waals surface area (Å²) >= 11 is 0. The molecule has 4 aromatic rings. The molecular weight excluding hydrogens is 383 g/mol. The van der Waals surface area contributed by atoms with E-state index in [-0.39, 0.29) is 24.0 Å². The molecule has 0 aliphatic heterocycles. The van der Waals surface area contributed by atoms with Gasteiger partial charge in [-0.3, -0.25) is 14.6 Å². The number of aromatic nitrogens is 5. The Bertz CT molecular complexity index is 1100. The van der Waals surface area contributed by atoms with Gasteiger partial charge in [0.2, 0.25) is 0 Å². The van der Waals surface area contributed by atoms with Crippen molar-refractivity contribution in [3.63, 3.8) is 0 Å². The largest absolute Gasteiger partial charge is 0.346 e. The minimum Gasteiger partial charge on any atom is -0.346 e. The van der Waals surface area contributed by atoms with E-state index in [9.17, 15) is 9.18 Å². The summed E-state index contributed by atoms with van der Waals surface area (Å²) in [6, 6.07) is 16.3. The Morgan fingerprint density at radius 2 is 1.90 bits per heavy atom. The zero-order chi connectivity index (χ0) is 20.8. The van der Waals surface area contributed by atoms with Crippen molar-refractivity contribution in [2.45, 2.75) is 25.9 Å². The van der Waals surface area contributed by atoms with E-state index >= 15 is 0 Å². The number of halogens is 1. The highest BCUT2D eigenvalue weighted by Gasteiger charge is 2.13. The van der Waals surface area contributed by atoms with Gasteiger partial charge in [-0.25, -0.2) is 4.39 Å². The zero-order valence-corrected chi connectivity index (χ0v) is 16.3. The number of H-pyrrole nitrogens is 1. The van der Waals surface area contributed by atoms with Crippen molar-refractivity contribution < 1.29 is 9.18 Å². The Morgan fingerprint density at radius 3 is 2.70 bits per heavy atom. The molecule has 2 N–H and O–H groups in total. The average molecular weight is 404 g/mol. The minimum absolute atomic E-state index is 0.265. The average Bonchev–Trinajstić information content (AvgIpc) is 3.43. The SMILES string of the molecule is O=C(NCc1cn[nH]c1-c1ccc(F)cc1)c1cn(CCCc2ccccc2)nn1. The molecule has 2 aromatic heterocycles. The van der Waals surface area contributed by atoms with Crippen LogP contribution in [0.2, 0.25) is 0 Å². The lowest BCUT2D eigenvalue weighted by Gasteiger charge is -2.05. The number of benzene rings is 2. The van der Waals surface area contributed by atoms with Crippen molar-refractivity contribution in [2.24, 2.45) is 0 Å². The topological polar surface area (TPSA) is 88.5 Å². The van der Waals surface area contributed by atoms with E-state index < -0.39 is 0 Å². The Morgan fingerprint density at radius 1 is 1.10 bits per heavy atom. The van der Waals surface area contributed by atoms with Gasteiger partial charge < -0.3 is 5.32 Å². The molecule has 0 aliphatic carbocycles. The Kier molecular flexibility index (Phi) is 5.93. The molecule has 2 aromatic carbocycles. The lowest BCUT2D eigenvalue weighted by atomic mass is 10.1. The third kappa shape index (κ3) is 4.78. The molecular formula is C22H21FN6O. The van der Waals surface area contributed by atoms with Gasteiger partial charge in [0, 0.05) is 24.2 Å². The summed E-state index contributed by atoms with van der Waals surface area (Å²) in [4.78, 5) is 12.4. The second-order valence-electron chi connectivity index (χ2n) is 6.92. The first-order valence-corrected chi connectivity index (χ1v) is 9.69. The van der Waals surface area contributed by atoms with Gasteiger partial charge in [-0.1, -0.05) is 35.5 Å². The number of nitrogens with zero attached hydrogens (tertiary/aromatic N) is 4. The van der Waals surface area contributed by atoms with Crippen LogP contribution in [0.4, 0.5) is 4.39 Å². The number of hydrogen-bond donors (Lipinski definition) is 2. The lowest BCUT2D eigenvalue weighted by Crippen LogP contribution is -2.23. The van der Waals surface area contributed by atoms with Crippen molar-refractivity contribution in [2.75, 3.05) is 0 Å². The van der Waals surface area contributed by atoms with E-state index in [4.69, 9.17) is 0 Å². The van der Waals surface area contributed by atoms with Crippen LogP contribution in [-0.2, 0) is 19.5 Å². The van der Waals surface area contributed by atoms with Crippen LogP contribution in [0.15, 0.2) is 67.0 Å². The van der Waals surface area contributed by atoms with Crippen LogP contribution >= 0.6 is 0 Å². The number of carbonyl (C=O) groups excluding carboxylic acids is 1. The first-order valence-electron chi connectivity index (χ1n) is 9.69. The van der Waals surface area contributed by atoms with Crippen molar-refractivity contribution in [3.05, 3.63) is 89.6 Å². The molecule has 30 heavy (non-hydrogen) atoms. The highest BCUT2D eigenvalue weighted by atomic mass is 19.1. The van der Waals surface area contributed by atoms with Crippen molar-refractivity contribution in [1.82, 2.24) is 30.5 Å². The van der Waals surface area contributed by atoms with E-state index in [1.807, 2.05) is 18.2 Å². The molecule has 0 radical (unpaired) electrons. The van der Waals surface area contributed by atoms with Crippen LogP contribution in [0.1, 0.15) is 28.0 Å². The highest BCUT2D eigenvalue weighted by molar-refractivity contribution is 5.91. The molecule has 0 saturated heterocycles. The summed E-state index contributed by atoms with van der Waals surface area (Å²) in [6.45, 7) is 0.953. The van der Waals surface area contributed by atoms with Crippen molar-refractivity contribution >= 4 is 5.91 Å². The maximum Gasteiger partial charge on any atom is 0.273 e. The van der Waals surface area contributed by atoms with Gasteiger partial charge in [-0.2, -0.15) is 5.10 Å². The molecule has 0 bridgehead atoms. The number of amides is 1. The molecule has 0 fully saturated rings. The van der Waals surface area contributed by atoms with Gasteiger partial charge >= 0.3 is 0 Å². The van der Waals surface area contributed by atoms with E-state index in [0.29, 0.717) is 6.54 Å². The number of aromatic amines is 1. The molecule has 0 unspecified atom stereocenters. The number of hydrogen-bond acceptors (Lipinski definition) is 4. The van der Waals surface area contributed by atoms with Crippen LogP contribution in [-0.4, -0.2) is 31.1 Å². The zero-order valence-electron chi connectivity index (χ0n) is 16.3. The van der Waals surface area contributed by atoms with Gasteiger partial charge in [0.25, 0.3) is 5.91 Å². The smallest absolute Gasteiger partial charge is 0.273 e. The predicted molar refractivity (Wildman–Crippen MR) is 110 cm³/mol.